The van der Waals surface area contributed by atoms with Gasteiger partial charge in [-0.05, 0) is 31.2 Å². The van der Waals surface area contributed by atoms with Crippen LogP contribution in [0.4, 0.5) is 0 Å². The number of carbonyl (C=O) groups excluding carboxylic acids is 1. The number of aromatic nitrogens is 2. The third-order valence-electron chi connectivity index (χ3n) is 5.04. The average molecular weight is 447 g/mol. The van der Waals surface area contributed by atoms with Crippen molar-refractivity contribution in [2.45, 2.75) is 30.5 Å². The minimum absolute atomic E-state index is 0.103. The van der Waals surface area contributed by atoms with E-state index in [1.165, 1.54) is 15.6 Å². The van der Waals surface area contributed by atoms with Crippen LogP contribution < -0.4 is 5.32 Å². The number of amides is 1. The van der Waals surface area contributed by atoms with Crippen LogP contribution in [0, 0.1) is 12.8 Å². The Kier molecular flexibility index (Phi) is 5.98. The van der Waals surface area contributed by atoms with Crippen molar-refractivity contribution in [3.63, 3.8) is 0 Å². The molecule has 3 aromatic rings. The van der Waals surface area contributed by atoms with Gasteiger partial charge in [-0.25, -0.2) is 8.42 Å². The van der Waals surface area contributed by atoms with E-state index in [0.717, 1.165) is 11.1 Å². The van der Waals surface area contributed by atoms with Crippen LogP contribution in [0.2, 0.25) is 0 Å². The smallest absolute Gasteiger partial charge is 0.252 e. The molecule has 1 fully saturated rings. The van der Waals surface area contributed by atoms with Crippen molar-refractivity contribution in [1.82, 2.24) is 19.8 Å². The SMILES string of the molecule is Cc1ccc(-c2noc(CNC(=O)[C@@H]3CCCN(S(=O)(=O)c4cccs4)C3)n2)cc1. The number of rotatable bonds is 6. The zero-order valence-corrected chi connectivity index (χ0v) is 18.1. The van der Waals surface area contributed by atoms with E-state index in [0.29, 0.717) is 35.3 Å². The molecule has 1 amide bonds. The van der Waals surface area contributed by atoms with Gasteiger partial charge in [0.2, 0.25) is 17.6 Å². The molecule has 158 valence electrons. The molecule has 1 aliphatic heterocycles. The maximum Gasteiger partial charge on any atom is 0.252 e. The van der Waals surface area contributed by atoms with E-state index in [2.05, 4.69) is 15.5 Å². The topological polar surface area (TPSA) is 105 Å². The molecule has 0 saturated carbocycles. The third kappa shape index (κ3) is 4.45. The lowest BCUT2D eigenvalue weighted by Crippen LogP contribution is -2.45. The number of hydrogen-bond acceptors (Lipinski definition) is 7. The fourth-order valence-electron chi connectivity index (χ4n) is 3.37. The van der Waals surface area contributed by atoms with E-state index >= 15 is 0 Å². The summed E-state index contributed by atoms with van der Waals surface area (Å²) in [6, 6.07) is 11.0. The normalized spacial score (nSPS) is 17.7. The fourth-order valence-corrected chi connectivity index (χ4v) is 6.03. The second-order valence-corrected chi connectivity index (χ2v) is 10.3. The Labute approximate surface area is 179 Å². The highest BCUT2D eigenvalue weighted by Gasteiger charge is 2.33. The van der Waals surface area contributed by atoms with Crippen molar-refractivity contribution in [2.75, 3.05) is 13.1 Å². The first kappa shape index (κ1) is 20.7. The highest BCUT2D eigenvalue weighted by Crippen LogP contribution is 2.26. The van der Waals surface area contributed by atoms with Crippen molar-refractivity contribution in [3.05, 3.63) is 53.2 Å². The summed E-state index contributed by atoms with van der Waals surface area (Å²) >= 11 is 1.18. The van der Waals surface area contributed by atoms with Gasteiger partial charge >= 0.3 is 0 Å². The molecular weight excluding hydrogens is 424 g/mol. The molecule has 1 saturated heterocycles. The first-order valence-electron chi connectivity index (χ1n) is 9.64. The molecule has 0 radical (unpaired) electrons. The minimum atomic E-state index is -3.55. The first-order chi connectivity index (χ1) is 14.4. The zero-order chi connectivity index (χ0) is 21.1. The van der Waals surface area contributed by atoms with Gasteiger partial charge in [-0.2, -0.15) is 9.29 Å². The summed E-state index contributed by atoms with van der Waals surface area (Å²) < 4.78 is 32.4. The zero-order valence-electron chi connectivity index (χ0n) is 16.4. The quantitative estimate of drug-likeness (QED) is 0.624. The number of benzene rings is 1. The van der Waals surface area contributed by atoms with Gasteiger partial charge in [-0.3, -0.25) is 4.79 Å². The van der Waals surface area contributed by atoms with Gasteiger partial charge in [0.15, 0.2) is 0 Å². The largest absolute Gasteiger partial charge is 0.347 e. The monoisotopic (exact) mass is 446 g/mol. The van der Waals surface area contributed by atoms with Crippen molar-refractivity contribution in [2.24, 2.45) is 5.92 Å². The molecule has 0 unspecified atom stereocenters. The Morgan fingerprint density at radius 2 is 2.10 bits per heavy atom. The van der Waals surface area contributed by atoms with E-state index < -0.39 is 15.9 Å². The fraction of sp³-hybridized carbons (Fsp3) is 0.350. The molecule has 8 nitrogen and oxygen atoms in total. The molecule has 1 aliphatic rings. The predicted molar refractivity (Wildman–Crippen MR) is 112 cm³/mol. The maximum absolute atomic E-state index is 12.7. The second-order valence-electron chi connectivity index (χ2n) is 7.23. The van der Waals surface area contributed by atoms with Crippen LogP contribution in [0.3, 0.4) is 0 Å². The molecule has 1 atom stereocenters. The third-order valence-corrected chi connectivity index (χ3v) is 8.27. The summed E-state index contributed by atoms with van der Waals surface area (Å²) in [5.74, 6) is 0.145. The maximum atomic E-state index is 12.7. The number of aryl methyl sites for hydroxylation is 1. The van der Waals surface area contributed by atoms with Crippen molar-refractivity contribution in [1.29, 1.82) is 0 Å². The highest BCUT2D eigenvalue weighted by molar-refractivity contribution is 7.91. The molecule has 30 heavy (non-hydrogen) atoms. The van der Waals surface area contributed by atoms with Crippen LogP contribution in [0.15, 0.2) is 50.5 Å². The van der Waals surface area contributed by atoms with Gasteiger partial charge in [0.25, 0.3) is 10.0 Å². The summed E-state index contributed by atoms with van der Waals surface area (Å²) in [4.78, 5) is 16.9. The minimum Gasteiger partial charge on any atom is -0.347 e. The number of thiophene rings is 1. The van der Waals surface area contributed by atoms with Crippen LogP contribution in [-0.2, 0) is 21.4 Å². The Bertz CT molecular complexity index is 1110. The lowest BCUT2D eigenvalue weighted by Gasteiger charge is -2.30. The lowest BCUT2D eigenvalue weighted by molar-refractivity contribution is -0.126. The Morgan fingerprint density at radius 3 is 2.83 bits per heavy atom. The molecule has 4 rings (SSSR count). The number of carbonyl (C=O) groups is 1. The number of nitrogens with zero attached hydrogens (tertiary/aromatic N) is 3. The molecule has 2 aromatic heterocycles. The average Bonchev–Trinajstić information content (AvgIpc) is 3.45. The van der Waals surface area contributed by atoms with E-state index in [9.17, 15) is 13.2 Å². The van der Waals surface area contributed by atoms with Crippen LogP contribution in [-0.4, -0.2) is 41.9 Å². The summed E-state index contributed by atoms with van der Waals surface area (Å²) in [5, 5.41) is 8.48. The lowest BCUT2D eigenvalue weighted by atomic mass is 9.99. The van der Waals surface area contributed by atoms with Gasteiger partial charge in [0.05, 0.1) is 12.5 Å². The van der Waals surface area contributed by atoms with E-state index in [-0.39, 0.29) is 19.0 Å². The summed E-state index contributed by atoms with van der Waals surface area (Å²) in [6.45, 7) is 2.70. The predicted octanol–water partition coefficient (Wildman–Crippen LogP) is 2.82. The van der Waals surface area contributed by atoms with E-state index in [1.54, 1.807) is 17.5 Å². The van der Waals surface area contributed by atoms with E-state index in [4.69, 9.17) is 4.52 Å². The van der Waals surface area contributed by atoms with Crippen molar-refractivity contribution in [3.8, 4) is 11.4 Å². The van der Waals surface area contributed by atoms with Crippen LogP contribution in [0.1, 0.15) is 24.3 Å². The Balaban J connectivity index is 1.36. The highest BCUT2D eigenvalue weighted by atomic mass is 32.2. The van der Waals surface area contributed by atoms with Crippen molar-refractivity contribution < 1.29 is 17.7 Å². The Hall–Kier alpha value is -2.56. The summed E-state index contributed by atoms with van der Waals surface area (Å²) in [6.07, 6.45) is 1.28. The molecule has 0 aliphatic carbocycles. The van der Waals surface area contributed by atoms with Gasteiger partial charge in [0, 0.05) is 18.7 Å². The standard InChI is InChI=1S/C20H22N4O4S2/c1-14-6-8-15(9-7-14)19-22-17(28-23-19)12-21-20(25)16-4-2-10-24(13-16)30(26,27)18-5-3-11-29-18/h3,5-9,11,16H,2,4,10,12-13H2,1H3,(H,21,25)/t16-/m1/s1. The van der Waals surface area contributed by atoms with Gasteiger partial charge in [0.1, 0.15) is 4.21 Å². The molecule has 1 N–H and O–H groups in total. The second kappa shape index (κ2) is 8.66. The molecule has 0 spiro atoms. The molecule has 10 heteroatoms. The number of nitrogens with one attached hydrogen (secondary N) is 1. The summed E-state index contributed by atoms with van der Waals surface area (Å²) in [5.41, 5.74) is 1.97. The van der Waals surface area contributed by atoms with Crippen molar-refractivity contribution >= 4 is 27.3 Å². The van der Waals surface area contributed by atoms with Gasteiger partial charge in [-0.1, -0.05) is 41.1 Å². The molecule has 1 aromatic carbocycles. The molecule has 0 bridgehead atoms. The van der Waals surface area contributed by atoms with E-state index in [1.807, 2.05) is 31.2 Å². The van der Waals surface area contributed by atoms with Crippen LogP contribution in [0.5, 0.6) is 0 Å². The summed E-state index contributed by atoms with van der Waals surface area (Å²) in [7, 11) is -3.55. The first-order valence-corrected chi connectivity index (χ1v) is 12.0. The number of piperidine rings is 1. The number of hydrogen-bond donors (Lipinski definition) is 1. The van der Waals surface area contributed by atoms with Crippen LogP contribution in [0.25, 0.3) is 11.4 Å². The molecular formula is C20H22N4O4S2. The number of sulfonamides is 1. The van der Waals surface area contributed by atoms with Crippen LogP contribution >= 0.6 is 11.3 Å². The van der Waals surface area contributed by atoms with Gasteiger partial charge in [-0.15, -0.1) is 11.3 Å². The Morgan fingerprint density at radius 1 is 1.30 bits per heavy atom. The molecule has 3 heterocycles. The van der Waals surface area contributed by atoms with Gasteiger partial charge < -0.3 is 9.84 Å².